The van der Waals surface area contributed by atoms with Crippen LogP contribution < -0.4 is 0 Å². The number of rotatable bonds is 14. The number of hydrogen-bond donors (Lipinski definition) is 0. The Labute approximate surface area is 139 Å². The molecule has 0 radical (unpaired) electrons. The lowest BCUT2D eigenvalue weighted by molar-refractivity contribution is 0.0638. The number of hydrogen-bond acceptors (Lipinski definition) is 2. The average molecular weight is 310 g/mol. The summed E-state index contributed by atoms with van der Waals surface area (Å²) >= 11 is 0. The molecule has 0 aromatic rings. The van der Waals surface area contributed by atoms with Gasteiger partial charge in [0, 0.05) is 12.7 Å². The third-order valence-electron chi connectivity index (χ3n) is 4.81. The fraction of sp³-hybridized carbons (Fsp3) is 1.00. The first-order valence-corrected chi connectivity index (χ1v) is 10.1. The van der Waals surface area contributed by atoms with E-state index in [1.807, 2.05) is 6.82 Å². The minimum Gasteiger partial charge on any atom is -0.411 e. The molecule has 22 heavy (non-hydrogen) atoms. The van der Waals surface area contributed by atoms with Gasteiger partial charge in [-0.3, -0.25) is 0 Å². The Hall–Kier alpha value is -0.0151. The molecule has 130 valence electrons. The molecule has 0 saturated carbocycles. The number of unbranched alkanes of at least 4 members (excludes halogenated alkanes) is 12. The van der Waals surface area contributed by atoms with Crippen molar-refractivity contribution in [2.24, 2.45) is 0 Å². The molecule has 2 nitrogen and oxygen atoms in total. The fourth-order valence-corrected chi connectivity index (χ4v) is 3.35. The van der Waals surface area contributed by atoms with Crippen LogP contribution in [0.5, 0.6) is 0 Å². The van der Waals surface area contributed by atoms with E-state index >= 15 is 0 Å². The van der Waals surface area contributed by atoms with E-state index in [4.69, 9.17) is 9.31 Å². The highest BCUT2D eigenvalue weighted by Gasteiger charge is 2.22. The van der Waals surface area contributed by atoms with Gasteiger partial charge in [0.15, 0.2) is 0 Å². The Bertz CT molecular complexity index is 235. The molecule has 1 saturated heterocycles. The van der Waals surface area contributed by atoms with Gasteiger partial charge in [-0.05, 0) is 19.7 Å². The zero-order valence-corrected chi connectivity index (χ0v) is 15.3. The molecule has 1 aliphatic heterocycles. The zero-order valence-electron chi connectivity index (χ0n) is 15.3. The Kier molecular flexibility index (Phi) is 13.3. The van der Waals surface area contributed by atoms with Gasteiger partial charge >= 0.3 is 7.12 Å². The van der Waals surface area contributed by atoms with Crippen LogP contribution in [0.3, 0.4) is 0 Å². The van der Waals surface area contributed by atoms with Gasteiger partial charge < -0.3 is 9.31 Å². The van der Waals surface area contributed by atoms with E-state index in [1.165, 1.54) is 89.9 Å². The van der Waals surface area contributed by atoms with Crippen molar-refractivity contribution < 1.29 is 9.31 Å². The third-order valence-corrected chi connectivity index (χ3v) is 4.81. The minimum absolute atomic E-state index is 0.0146. The molecule has 0 bridgehead atoms. The van der Waals surface area contributed by atoms with Crippen molar-refractivity contribution in [3.63, 3.8) is 0 Å². The predicted octanol–water partition coefficient (Wildman–Crippen LogP) is 6.39. The van der Waals surface area contributed by atoms with E-state index in [0.717, 1.165) is 13.0 Å². The molecule has 1 fully saturated rings. The molecule has 0 N–H and O–H groups in total. The Morgan fingerprint density at radius 3 is 1.77 bits per heavy atom. The van der Waals surface area contributed by atoms with Crippen molar-refractivity contribution in [1.82, 2.24) is 0 Å². The first-order valence-electron chi connectivity index (χ1n) is 10.1. The van der Waals surface area contributed by atoms with Crippen LogP contribution in [-0.4, -0.2) is 19.8 Å². The molecule has 1 atom stereocenters. The summed E-state index contributed by atoms with van der Waals surface area (Å²) in [5.41, 5.74) is 0. The Balaban J connectivity index is 1.73. The quantitative estimate of drug-likeness (QED) is 0.273. The van der Waals surface area contributed by atoms with Crippen LogP contribution in [-0.2, 0) is 9.31 Å². The van der Waals surface area contributed by atoms with Gasteiger partial charge in [0.1, 0.15) is 0 Å². The predicted molar refractivity (Wildman–Crippen MR) is 97.4 cm³/mol. The SMILES string of the molecule is CCCCCCCCCCCCCCCC1CCOB(C)O1. The molecule has 0 aromatic carbocycles. The van der Waals surface area contributed by atoms with Gasteiger partial charge in [0.2, 0.25) is 0 Å². The average Bonchev–Trinajstić information content (AvgIpc) is 2.52. The summed E-state index contributed by atoms with van der Waals surface area (Å²) < 4.78 is 11.2. The maximum absolute atomic E-state index is 5.77. The molecule has 1 heterocycles. The van der Waals surface area contributed by atoms with Crippen LogP contribution in [0.1, 0.15) is 103 Å². The van der Waals surface area contributed by atoms with Gasteiger partial charge in [-0.15, -0.1) is 0 Å². The van der Waals surface area contributed by atoms with Crippen molar-refractivity contribution >= 4 is 7.12 Å². The van der Waals surface area contributed by atoms with Crippen molar-refractivity contribution in [2.45, 2.75) is 116 Å². The van der Waals surface area contributed by atoms with E-state index in [1.54, 1.807) is 0 Å². The van der Waals surface area contributed by atoms with Gasteiger partial charge in [0.25, 0.3) is 0 Å². The normalized spacial score (nSPS) is 18.8. The second-order valence-corrected chi connectivity index (χ2v) is 7.02. The fourth-order valence-electron chi connectivity index (χ4n) is 3.35. The van der Waals surface area contributed by atoms with Gasteiger partial charge in [-0.25, -0.2) is 0 Å². The van der Waals surface area contributed by atoms with Crippen molar-refractivity contribution in [3.05, 3.63) is 0 Å². The van der Waals surface area contributed by atoms with E-state index < -0.39 is 0 Å². The molecule has 1 unspecified atom stereocenters. The Morgan fingerprint density at radius 1 is 0.773 bits per heavy atom. The molecule has 3 heteroatoms. The lowest BCUT2D eigenvalue weighted by Crippen LogP contribution is -2.33. The summed E-state index contributed by atoms with van der Waals surface area (Å²) in [6, 6.07) is 0. The lowest BCUT2D eigenvalue weighted by Gasteiger charge is -2.26. The summed E-state index contributed by atoms with van der Waals surface area (Å²) in [6.07, 6.45) is 21.3. The summed E-state index contributed by atoms with van der Waals surface area (Å²) in [6.45, 7) is 5.18. The molecular weight excluding hydrogens is 271 g/mol. The molecule has 0 aliphatic carbocycles. The smallest absolute Gasteiger partial charge is 0.411 e. The van der Waals surface area contributed by atoms with Crippen molar-refractivity contribution in [1.29, 1.82) is 0 Å². The summed E-state index contributed by atoms with van der Waals surface area (Å²) in [4.78, 5) is 0. The first-order chi connectivity index (χ1) is 10.8. The van der Waals surface area contributed by atoms with E-state index in [9.17, 15) is 0 Å². The zero-order chi connectivity index (χ0) is 15.9. The van der Waals surface area contributed by atoms with Gasteiger partial charge in [-0.1, -0.05) is 90.4 Å². The van der Waals surface area contributed by atoms with Crippen LogP contribution in [0, 0.1) is 0 Å². The second kappa shape index (κ2) is 14.6. The minimum atomic E-state index is 0.0146. The lowest BCUT2D eigenvalue weighted by atomic mass is 9.91. The molecule has 1 aliphatic rings. The summed E-state index contributed by atoms with van der Waals surface area (Å²) in [5, 5.41) is 0. The Morgan fingerprint density at radius 2 is 1.27 bits per heavy atom. The molecule has 0 amide bonds. The van der Waals surface area contributed by atoms with Crippen LogP contribution in [0.2, 0.25) is 6.82 Å². The van der Waals surface area contributed by atoms with Crippen molar-refractivity contribution in [2.75, 3.05) is 6.61 Å². The maximum atomic E-state index is 5.77. The standard InChI is InChI=1S/C19H39BO2/c1-3-4-5-6-7-8-9-10-11-12-13-14-15-16-19-17-18-21-20(2)22-19/h19H,3-18H2,1-2H3. The highest BCUT2D eigenvalue weighted by atomic mass is 16.6. The van der Waals surface area contributed by atoms with E-state index in [-0.39, 0.29) is 7.12 Å². The van der Waals surface area contributed by atoms with E-state index in [2.05, 4.69) is 6.92 Å². The highest BCUT2D eigenvalue weighted by molar-refractivity contribution is 6.42. The first kappa shape index (κ1) is 20.0. The summed E-state index contributed by atoms with van der Waals surface area (Å²) in [7, 11) is 0.0146. The maximum Gasteiger partial charge on any atom is 0.453 e. The largest absolute Gasteiger partial charge is 0.453 e. The second-order valence-electron chi connectivity index (χ2n) is 7.02. The van der Waals surface area contributed by atoms with Crippen LogP contribution in [0.15, 0.2) is 0 Å². The third kappa shape index (κ3) is 11.5. The van der Waals surface area contributed by atoms with Crippen LogP contribution in [0.25, 0.3) is 0 Å². The molecular formula is C19H39BO2. The monoisotopic (exact) mass is 310 g/mol. The van der Waals surface area contributed by atoms with Crippen LogP contribution in [0.4, 0.5) is 0 Å². The molecule has 0 spiro atoms. The summed E-state index contributed by atoms with van der Waals surface area (Å²) in [5.74, 6) is 0. The highest BCUT2D eigenvalue weighted by Crippen LogP contribution is 2.17. The van der Waals surface area contributed by atoms with Gasteiger partial charge in [-0.2, -0.15) is 0 Å². The topological polar surface area (TPSA) is 18.5 Å². The molecule has 1 rings (SSSR count). The van der Waals surface area contributed by atoms with Crippen LogP contribution >= 0.6 is 0 Å². The van der Waals surface area contributed by atoms with Crippen molar-refractivity contribution in [3.8, 4) is 0 Å². The van der Waals surface area contributed by atoms with E-state index in [0.29, 0.717) is 6.10 Å². The molecule has 0 aromatic heterocycles. The van der Waals surface area contributed by atoms with Gasteiger partial charge in [0.05, 0.1) is 0 Å².